The highest BCUT2D eigenvalue weighted by atomic mass is 35.5. The van der Waals surface area contributed by atoms with Gasteiger partial charge in [0.1, 0.15) is 11.2 Å². The molecule has 2 N–H and O–H groups in total. The van der Waals surface area contributed by atoms with Crippen LogP contribution in [0, 0.1) is 5.82 Å². The van der Waals surface area contributed by atoms with Crippen molar-refractivity contribution in [1.29, 1.82) is 0 Å². The minimum absolute atomic E-state index is 0.0161. The average Bonchev–Trinajstić information content (AvgIpc) is 2.87. The van der Waals surface area contributed by atoms with E-state index in [1.807, 2.05) is 0 Å². The van der Waals surface area contributed by atoms with Crippen LogP contribution < -0.4 is 10.6 Å². The topological polar surface area (TPSA) is 58.2 Å². The van der Waals surface area contributed by atoms with Gasteiger partial charge in [0.05, 0.1) is 11.6 Å². The van der Waals surface area contributed by atoms with E-state index in [-0.39, 0.29) is 12.8 Å². The van der Waals surface area contributed by atoms with Crippen molar-refractivity contribution < 1.29 is 27.2 Å². The van der Waals surface area contributed by atoms with Crippen molar-refractivity contribution in [2.75, 3.05) is 5.32 Å². The number of alkyl halides is 3. The van der Waals surface area contributed by atoms with Crippen LogP contribution in [0.2, 0.25) is 5.02 Å². The van der Waals surface area contributed by atoms with Crippen LogP contribution >= 0.6 is 11.6 Å². The number of amides is 2. The Morgan fingerprint density at radius 2 is 1.86 bits per heavy atom. The Balaban J connectivity index is 1.97. The lowest BCUT2D eigenvalue weighted by Crippen LogP contribution is -2.53. The van der Waals surface area contributed by atoms with Gasteiger partial charge in [0.25, 0.3) is 0 Å². The molecule has 146 valence electrons. The molecule has 1 spiro atoms. The van der Waals surface area contributed by atoms with Crippen molar-refractivity contribution in [2.45, 2.75) is 30.5 Å². The zero-order chi connectivity index (χ0) is 20.3. The first-order valence-electron chi connectivity index (χ1n) is 8.40. The predicted octanol–water partition coefficient (Wildman–Crippen LogP) is 4.34. The number of benzene rings is 2. The standard InChI is InChI=1S/C19H13ClF4N2O2/c20-9-1-3-13-14(7-9)25-17(28)18(13)6-5-15(27)26-16(18)11-8-10(21)2-4-12(11)19(22,23)24/h1-4,7-8,16H,5-6H2,(H,25,28)(H,26,27)/t16-,18-/m1/s1. The molecular weight excluding hydrogens is 400 g/mol. The summed E-state index contributed by atoms with van der Waals surface area (Å²) in [6.07, 6.45) is -4.86. The van der Waals surface area contributed by atoms with E-state index in [9.17, 15) is 27.2 Å². The fraction of sp³-hybridized carbons (Fsp3) is 0.263. The smallest absolute Gasteiger partial charge is 0.348 e. The van der Waals surface area contributed by atoms with Gasteiger partial charge in [-0.3, -0.25) is 9.59 Å². The van der Waals surface area contributed by atoms with Crippen LogP contribution in [0.15, 0.2) is 36.4 Å². The maximum Gasteiger partial charge on any atom is 0.416 e. The molecule has 1 saturated heterocycles. The SMILES string of the molecule is O=C1CC[C@]2(C(=O)Nc3cc(Cl)ccc32)[C@@H](c2cc(F)ccc2C(F)(F)F)N1. The van der Waals surface area contributed by atoms with Crippen molar-refractivity contribution in [3.05, 3.63) is 63.9 Å². The van der Waals surface area contributed by atoms with E-state index >= 15 is 0 Å². The van der Waals surface area contributed by atoms with Crippen molar-refractivity contribution in [3.63, 3.8) is 0 Å². The number of carbonyl (C=O) groups is 2. The second kappa shape index (κ2) is 6.20. The molecule has 0 radical (unpaired) electrons. The van der Waals surface area contributed by atoms with E-state index in [0.717, 1.165) is 6.07 Å². The van der Waals surface area contributed by atoms with Gasteiger partial charge in [-0.05, 0) is 47.9 Å². The number of rotatable bonds is 1. The largest absolute Gasteiger partial charge is 0.416 e. The van der Waals surface area contributed by atoms with Gasteiger partial charge in [0.15, 0.2) is 0 Å². The van der Waals surface area contributed by atoms with Crippen LogP contribution in [0.1, 0.15) is 35.6 Å². The van der Waals surface area contributed by atoms with Crippen molar-refractivity contribution in [2.24, 2.45) is 0 Å². The third-order valence-electron chi connectivity index (χ3n) is 5.29. The molecule has 0 aromatic heterocycles. The number of hydrogen-bond donors (Lipinski definition) is 2. The van der Waals surface area contributed by atoms with Crippen LogP contribution in [0.25, 0.3) is 0 Å². The summed E-state index contributed by atoms with van der Waals surface area (Å²) in [6.45, 7) is 0. The highest BCUT2D eigenvalue weighted by molar-refractivity contribution is 6.31. The van der Waals surface area contributed by atoms with Gasteiger partial charge in [-0.15, -0.1) is 0 Å². The molecule has 2 aliphatic heterocycles. The molecule has 0 saturated carbocycles. The molecule has 4 rings (SSSR count). The van der Waals surface area contributed by atoms with Gasteiger partial charge in [-0.2, -0.15) is 13.2 Å². The van der Waals surface area contributed by atoms with E-state index in [4.69, 9.17) is 11.6 Å². The number of nitrogens with one attached hydrogen (secondary N) is 2. The quantitative estimate of drug-likeness (QED) is 0.685. The molecule has 0 unspecified atom stereocenters. The summed E-state index contributed by atoms with van der Waals surface area (Å²) in [4.78, 5) is 25.0. The molecule has 2 atom stereocenters. The molecule has 2 aromatic carbocycles. The first-order chi connectivity index (χ1) is 13.1. The van der Waals surface area contributed by atoms with Gasteiger partial charge in [-0.1, -0.05) is 17.7 Å². The summed E-state index contributed by atoms with van der Waals surface area (Å²) in [5.74, 6) is -1.97. The Kier molecular flexibility index (Phi) is 4.15. The normalized spacial score (nSPS) is 24.1. The molecule has 2 heterocycles. The maximum atomic E-state index is 13.9. The zero-order valence-electron chi connectivity index (χ0n) is 14.2. The minimum atomic E-state index is -4.79. The van der Waals surface area contributed by atoms with Gasteiger partial charge in [0.2, 0.25) is 11.8 Å². The molecule has 0 aliphatic carbocycles. The summed E-state index contributed by atoms with van der Waals surface area (Å²) >= 11 is 5.96. The van der Waals surface area contributed by atoms with Crippen LogP contribution in [0.4, 0.5) is 23.2 Å². The van der Waals surface area contributed by atoms with Gasteiger partial charge >= 0.3 is 6.18 Å². The van der Waals surface area contributed by atoms with E-state index < -0.39 is 46.4 Å². The lowest BCUT2D eigenvalue weighted by atomic mass is 9.67. The maximum absolute atomic E-state index is 13.9. The first kappa shape index (κ1) is 18.7. The average molecular weight is 413 g/mol. The zero-order valence-corrected chi connectivity index (χ0v) is 14.9. The molecule has 1 fully saturated rings. The number of piperidine rings is 1. The van der Waals surface area contributed by atoms with Gasteiger partial charge in [-0.25, -0.2) is 4.39 Å². The molecule has 9 heteroatoms. The molecule has 2 aliphatic rings. The van der Waals surface area contributed by atoms with Gasteiger partial charge < -0.3 is 10.6 Å². The number of hydrogen-bond acceptors (Lipinski definition) is 2. The predicted molar refractivity (Wildman–Crippen MR) is 93.3 cm³/mol. The van der Waals surface area contributed by atoms with Crippen LogP contribution in [-0.4, -0.2) is 11.8 Å². The van der Waals surface area contributed by atoms with Crippen molar-refractivity contribution >= 4 is 29.1 Å². The Morgan fingerprint density at radius 1 is 1.11 bits per heavy atom. The van der Waals surface area contributed by atoms with E-state index in [1.54, 1.807) is 6.07 Å². The lowest BCUT2D eigenvalue weighted by molar-refractivity contribution is -0.140. The van der Waals surface area contributed by atoms with E-state index in [2.05, 4.69) is 10.6 Å². The third-order valence-corrected chi connectivity index (χ3v) is 5.53. The highest BCUT2D eigenvalue weighted by Crippen LogP contribution is 2.53. The fourth-order valence-electron chi connectivity index (χ4n) is 4.09. The van der Waals surface area contributed by atoms with E-state index in [1.165, 1.54) is 12.1 Å². The Bertz CT molecular complexity index is 1010. The molecule has 2 aromatic rings. The second-order valence-electron chi connectivity index (χ2n) is 6.85. The third kappa shape index (κ3) is 2.74. The molecule has 4 nitrogen and oxygen atoms in total. The highest BCUT2D eigenvalue weighted by Gasteiger charge is 2.56. The summed E-state index contributed by atoms with van der Waals surface area (Å²) in [5.41, 5.74) is -2.30. The Hall–Kier alpha value is -2.61. The number of anilines is 1. The second-order valence-corrected chi connectivity index (χ2v) is 7.28. The number of halogens is 5. The summed E-state index contributed by atoms with van der Waals surface area (Å²) < 4.78 is 54.7. The molecular formula is C19H13ClF4N2O2. The van der Waals surface area contributed by atoms with Crippen LogP contribution in [0.3, 0.4) is 0 Å². The summed E-state index contributed by atoms with van der Waals surface area (Å²) in [6, 6.07) is 5.22. The van der Waals surface area contributed by atoms with Crippen molar-refractivity contribution in [1.82, 2.24) is 5.32 Å². The molecule has 2 amide bonds. The summed E-state index contributed by atoms with van der Waals surface area (Å²) in [5, 5.41) is 5.47. The number of fused-ring (bicyclic) bond motifs is 2. The fourth-order valence-corrected chi connectivity index (χ4v) is 4.26. The monoisotopic (exact) mass is 412 g/mol. The summed E-state index contributed by atoms with van der Waals surface area (Å²) in [7, 11) is 0. The molecule has 0 bridgehead atoms. The Morgan fingerprint density at radius 3 is 2.57 bits per heavy atom. The number of carbonyl (C=O) groups excluding carboxylic acids is 2. The van der Waals surface area contributed by atoms with Crippen LogP contribution in [-0.2, 0) is 21.2 Å². The minimum Gasteiger partial charge on any atom is -0.348 e. The van der Waals surface area contributed by atoms with E-state index in [0.29, 0.717) is 28.4 Å². The molecule has 28 heavy (non-hydrogen) atoms. The van der Waals surface area contributed by atoms with Crippen LogP contribution in [0.5, 0.6) is 0 Å². The Labute approximate surface area is 161 Å². The first-order valence-corrected chi connectivity index (χ1v) is 8.78. The van der Waals surface area contributed by atoms with Crippen molar-refractivity contribution in [3.8, 4) is 0 Å². The lowest BCUT2D eigenvalue weighted by Gasteiger charge is -2.41. The van der Waals surface area contributed by atoms with Gasteiger partial charge in [0, 0.05) is 17.1 Å².